The van der Waals surface area contributed by atoms with Crippen molar-refractivity contribution in [3.05, 3.63) is 58.6 Å². The monoisotopic (exact) mass is 392 g/mol. The van der Waals surface area contributed by atoms with E-state index in [1.54, 1.807) is 30.5 Å². The molecular formula is C20H16N4O5. The molecule has 4 rings (SSSR count). The van der Waals surface area contributed by atoms with Crippen LogP contribution >= 0.6 is 0 Å². The van der Waals surface area contributed by atoms with E-state index in [1.807, 2.05) is 0 Å². The Morgan fingerprint density at radius 2 is 2.07 bits per heavy atom. The Bertz CT molecular complexity index is 1260. The molecule has 0 bridgehead atoms. The normalized spacial score (nSPS) is 18.1. The minimum Gasteiger partial charge on any atom is -0.497 e. The van der Waals surface area contributed by atoms with E-state index in [0.29, 0.717) is 11.1 Å². The van der Waals surface area contributed by atoms with Crippen LogP contribution in [0.5, 0.6) is 11.6 Å². The van der Waals surface area contributed by atoms with Crippen LogP contribution in [0.4, 0.5) is 4.79 Å². The van der Waals surface area contributed by atoms with E-state index in [0.717, 1.165) is 5.39 Å². The number of ether oxygens (including phenoxy) is 1. The maximum atomic E-state index is 12.5. The molecular weight excluding hydrogens is 376 g/mol. The molecule has 1 aromatic carbocycles. The van der Waals surface area contributed by atoms with Crippen molar-refractivity contribution in [2.75, 3.05) is 7.11 Å². The van der Waals surface area contributed by atoms with Gasteiger partial charge in [-0.1, -0.05) is 11.8 Å². The number of aromatic nitrogens is 2. The number of fused-ring (bicyclic) bond motifs is 1. The Morgan fingerprint density at radius 3 is 2.76 bits per heavy atom. The molecule has 0 spiro atoms. The van der Waals surface area contributed by atoms with Crippen LogP contribution in [0.15, 0.2) is 47.5 Å². The number of aromatic hydroxyl groups is 1. The van der Waals surface area contributed by atoms with E-state index in [4.69, 9.17) is 4.74 Å². The third-order valence-electron chi connectivity index (χ3n) is 4.65. The number of rotatable bonds is 3. The van der Waals surface area contributed by atoms with Crippen LogP contribution in [0.3, 0.4) is 0 Å². The molecule has 0 saturated carbocycles. The van der Waals surface area contributed by atoms with Gasteiger partial charge in [-0.25, -0.2) is 4.79 Å². The fourth-order valence-corrected chi connectivity index (χ4v) is 3.15. The number of carbonyl (C=O) groups excluding carboxylic acids is 2. The van der Waals surface area contributed by atoms with E-state index in [1.165, 1.54) is 23.9 Å². The van der Waals surface area contributed by atoms with E-state index in [9.17, 15) is 19.5 Å². The topological polar surface area (TPSA) is 125 Å². The molecule has 0 unspecified atom stereocenters. The number of benzene rings is 1. The first-order valence-electron chi connectivity index (χ1n) is 8.62. The van der Waals surface area contributed by atoms with Crippen molar-refractivity contribution in [2.45, 2.75) is 12.1 Å². The molecule has 1 aliphatic rings. The van der Waals surface area contributed by atoms with Gasteiger partial charge in [-0.2, -0.15) is 0 Å². The molecule has 0 radical (unpaired) electrons. The standard InChI is InChI=1S/C20H16N4O5/c1-29-14-5-4-13-10-24(17(26)15(13)9-14)11-20(18(27)22-19(28)23-20)7-6-12-3-2-8-21-16(12)25/h2-5,8-10,26H,11H2,1H3,(H,21,25)(H2,22,23,27,28)/t20-/m1/s1. The summed E-state index contributed by atoms with van der Waals surface area (Å²) in [5, 5.41) is 16.5. The summed E-state index contributed by atoms with van der Waals surface area (Å²) in [6, 6.07) is 7.57. The summed E-state index contributed by atoms with van der Waals surface area (Å²) in [4.78, 5) is 38.7. The number of hydrogen-bond donors (Lipinski definition) is 4. The zero-order valence-corrected chi connectivity index (χ0v) is 15.3. The summed E-state index contributed by atoms with van der Waals surface area (Å²) in [6.45, 7) is -0.162. The molecule has 0 aliphatic carbocycles. The smallest absolute Gasteiger partial charge is 0.323 e. The highest BCUT2D eigenvalue weighted by Gasteiger charge is 2.46. The first-order chi connectivity index (χ1) is 13.9. The second-order valence-electron chi connectivity index (χ2n) is 6.51. The molecule has 1 saturated heterocycles. The number of aromatic amines is 1. The Hall–Kier alpha value is -4.19. The third-order valence-corrected chi connectivity index (χ3v) is 4.65. The fourth-order valence-electron chi connectivity index (χ4n) is 3.15. The summed E-state index contributed by atoms with van der Waals surface area (Å²) in [5.41, 5.74) is -1.93. The van der Waals surface area contributed by atoms with E-state index >= 15 is 0 Å². The Kier molecular flexibility index (Phi) is 4.24. The molecule has 3 aromatic rings. The van der Waals surface area contributed by atoms with Gasteiger partial charge in [0, 0.05) is 23.2 Å². The van der Waals surface area contributed by atoms with Crippen molar-refractivity contribution in [1.82, 2.24) is 20.2 Å². The first kappa shape index (κ1) is 18.2. The van der Waals surface area contributed by atoms with Gasteiger partial charge < -0.3 is 24.7 Å². The van der Waals surface area contributed by atoms with Crippen molar-refractivity contribution in [3.63, 3.8) is 0 Å². The number of pyridine rings is 1. The number of hydrogen-bond acceptors (Lipinski definition) is 5. The molecule has 1 atom stereocenters. The van der Waals surface area contributed by atoms with Gasteiger partial charge in [-0.15, -0.1) is 0 Å². The summed E-state index contributed by atoms with van der Waals surface area (Å²) >= 11 is 0. The zero-order chi connectivity index (χ0) is 20.6. The van der Waals surface area contributed by atoms with Crippen molar-refractivity contribution < 1.29 is 19.4 Å². The van der Waals surface area contributed by atoms with Gasteiger partial charge in [0.05, 0.1) is 19.2 Å². The lowest BCUT2D eigenvalue weighted by molar-refractivity contribution is -0.122. The molecule has 4 N–H and O–H groups in total. The van der Waals surface area contributed by atoms with Gasteiger partial charge in [0.25, 0.3) is 11.5 Å². The van der Waals surface area contributed by atoms with Crippen LogP contribution in [-0.2, 0) is 11.3 Å². The van der Waals surface area contributed by atoms with Crippen LogP contribution in [0.25, 0.3) is 10.8 Å². The Morgan fingerprint density at radius 1 is 1.24 bits per heavy atom. The minimum atomic E-state index is -1.66. The summed E-state index contributed by atoms with van der Waals surface area (Å²) < 4.78 is 6.59. The molecule has 3 heterocycles. The number of amides is 3. The first-order valence-corrected chi connectivity index (χ1v) is 8.62. The van der Waals surface area contributed by atoms with Crippen LogP contribution in [0, 0.1) is 11.8 Å². The van der Waals surface area contributed by atoms with Crippen LogP contribution in [-0.4, -0.2) is 39.2 Å². The second-order valence-corrected chi connectivity index (χ2v) is 6.51. The molecule has 146 valence electrons. The molecule has 1 fully saturated rings. The number of methoxy groups -OCH3 is 1. The lowest BCUT2D eigenvalue weighted by Gasteiger charge is -2.20. The van der Waals surface area contributed by atoms with Crippen LogP contribution < -0.4 is 20.9 Å². The van der Waals surface area contributed by atoms with Gasteiger partial charge >= 0.3 is 6.03 Å². The summed E-state index contributed by atoms with van der Waals surface area (Å²) in [6.07, 6.45) is 3.10. The highest BCUT2D eigenvalue weighted by molar-refractivity contribution is 6.09. The maximum absolute atomic E-state index is 12.5. The SMILES string of the molecule is COc1ccc2cn(C[C@@]3(C#Cc4ccc[nH]c4=O)NC(=O)NC3=O)c(O)c2c1. The molecule has 2 aromatic heterocycles. The van der Waals surface area contributed by atoms with Crippen molar-refractivity contribution >= 4 is 22.7 Å². The zero-order valence-electron chi connectivity index (χ0n) is 15.3. The van der Waals surface area contributed by atoms with Gasteiger partial charge in [-0.05, 0) is 30.3 Å². The predicted molar refractivity (Wildman–Crippen MR) is 104 cm³/mol. The number of nitrogens with zero attached hydrogens (tertiary/aromatic N) is 1. The number of H-pyrrole nitrogens is 1. The van der Waals surface area contributed by atoms with Gasteiger partial charge in [0.1, 0.15) is 5.75 Å². The molecule has 9 nitrogen and oxygen atoms in total. The van der Waals surface area contributed by atoms with E-state index in [2.05, 4.69) is 27.5 Å². The summed E-state index contributed by atoms with van der Waals surface area (Å²) in [7, 11) is 1.52. The molecule has 3 amide bonds. The second kappa shape index (κ2) is 6.76. The van der Waals surface area contributed by atoms with E-state index < -0.39 is 23.0 Å². The largest absolute Gasteiger partial charge is 0.497 e. The number of imide groups is 1. The summed E-state index contributed by atoms with van der Waals surface area (Å²) in [5.74, 6) is 5.15. The maximum Gasteiger partial charge on any atom is 0.323 e. The third kappa shape index (κ3) is 3.17. The predicted octanol–water partition coefficient (Wildman–Crippen LogP) is 0.674. The van der Waals surface area contributed by atoms with Gasteiger partial charge in [-0.3, -0.25) is 14.9 Å². The number of nitrogens with one attached hydrogen (secondary N) is 3. The highest BCUT2D eigenvalue weighted by atomic mass is 16.5. The Labute approximate surface area is 164 Å². The quantitative estimate of drug-likeness (QED) is 0.385. The average molecular weight is 392 g/mol. The van der Waals surface area contributed by atoms with E-state index in [-0.39, 0.29) is 18.0 Å². The van der Waals surface area contributed by atoms with Gasteiger partial charge in [0.15, 0.2) is 5.88 Å². The van der Waals surface area contributed by atoms with Crippen molar-refractivity contribution in [2.24, 2.45) is 0 Å². The lowest BCUT2D eigenvalue weighted by Crippen LogP contribution is -2.49. The number of urea groups is 1. The van der Waals surface area contributed by atoms with Crippen molar-refractivity contribution in [3.8, 4) is 23.5 Å². The molecule has 29 heavy (non-hydrogen) atoms. The average Bonchev–Trinajstić information content (AvgIpc) is 3.16. The number of carbonyl (C=O) groups is 2. The van der Waals surface area contributed by atoms with Crippen LogP contribution in [0.2, 0.25) is 0 Å². The highest BCUT2D eigenvalue weighted by Crippen LogP contribution is 2.31. The van der Waals surface area contributed by atoms with Crippen molar-refractivity contribution in [1.29, 1.82) is 0 Å². The minimum absolute atomic E-state index is 0.105. The van der Waals surface area contributed by atoms with Crippen LogP contribution in [0.1, 0.15) is 5.56 Å². The molecule has 1 aliphatic heterocycles. The Balaban J connectivity index is 1.78. The molecule has 9 heteroatoms. The fraction of sp³-hybridized carbons (Fsp3) is 0.150. The van der Waals surface area contributed by atoms with Gasteiger partial charge in [0.2, 0.25) is 5.54 Å². The lowest BCUT2D eigenvalue weighted by atomic mass is 10.00.